The standard InChI is InChI=1S/C23H40N6O/c1-17(2)29(19-10-7-6-8-11-19)22(30)16-28-13-9-12-20(28)23-25-18(15-24-3)14-21(26-23)27(4)5/h14,17,19-20,24H,6-13,15-16H2,1-5H3/t20-/m0/s1. The van der Waals surface area contributed by atoms with Crippen molar-refractivity contribution in [3.63, 3.8) is 0 Å². The molecule has 1 aromatic heterocycles. The molecule has 1 aliphatic heterocycles. The predicted octanol–water partition coefficient (Wildman–Crippen LogP) is 2.97. The highest BCUT2D eigenvalue weighted by atomic mass is 16.2. The fraction of sp³-hybridized carbons (Fsp3) is 0.783. The number of carbonyl (C=O) groups excluding carboxylic acids is 1. The Morgan fingerprint density at radius 1 is 1.17 bits per heavy atom. The quantitative estimate of drug-likeness (QED) is 0.703. The number of aromatic nitrogens is 2. The van der Waals surface area contributed by atoms with Crippen molar-refractivity contribution in [1.82, 2.24) is 25.1 Å². The summed E-state index contributed by atoms with van der Waals surface area (Å²) in [6.45, 7) is 6.42. The zero-order valence-electron chi connectivity index (χ0n) is 19.5. The molecule has 0 radical (unpaired) electrons. The average molecular weight is 417 g/mol. The van der Waals surface area contributed by atoms with Crippen molar-refractivity contribution in [2.45, 2.75) is 83.5 Å². The van der Waals surface area contributed by atoms with Gasteiger partial charge < -0.3 is 15.1 Å². The van der Waals surface area contributed by atoms with Gasteiger partial charge >= 0.3 is 0 Å². The molecule has 0 bridgehead atoms. The van der Waals surface area contributed by atoms with E-state index in [2.05, 4.69) is 29.0 Å². The van der Waals surface area contributed by atoms with Gasteiger partial charge in [0.05, 0.1) is 18.3 Å². The first-order chi connectivity index (χ1) is 14.4. The highest BCUT2D eigenvalue weighted by molar-refractivity contribution is 5.79. The number of anilines is 1. The summed E-state index contributed by atoms with van der Waals surface area (Å²) in [5, 5.41) is 3.19. The number of hydrogen-bond donors (Lipinski definition) is 1. The molecule has 3 rings (SSSR count). The fourth-order valence-corrected chi connectivity index (χ4v) is 4.99. The predicted molar refractivity (Wildman–Crippen MR) is 122 cm³/mol. The SMILES string of the molecule is CNCc1cc(N(C)C)nc([C@@H]2CCCN2CC(=O)N(C(C)C)C2CCCCC2)n1. The van der Waals surface area contributed by atoms with Crippen LogP contribution >= 0.6 is 0 Å². The minimum Gasteiger partial charge on any atom is -0.363 e. The third-order valence-corrected chi connectivity index (χ3v) is 6.41. The molecule has 1 saturated carbocycles. The third-order valence-electron chi connectivity index (χ3n) is 6.41. The third kappa shape index (κ3) is 5.49. The maximum atomic E-state index is 13.4. The number of nitrogens with one attached hydrogen (secondary N) is 1. The Labute approximate surface area is 182 Å². The van der Waals surface area contributed by atoms with Crippen LogP contribution in [0.15, 0.2) is 6.07 Å². The molecule has 7 nitrogen and oxygen atoms in total. The molecule has 0 spiro atoms. The van der Waals surface area contributed by atoms with Crippen molar-refractivity contribution >= 4 is 11.7 Å². The number of likely N-dealkylation sites (tertiary alicyclic amines) is 1. The van der Waals surface area contributed by atoms with Gasteiger partial charge in [-0.3, -0.25) is 9.69 Å². The van der Waals surface area contributed by atoms with E-state index in [-0.39, 0.29) is 18.0 Å². The second-order valence-corrected chi connectivity index (χ2v) is 9.32. The maximum Gasteiger partial charge on any atom is 0.237 e. The van der Waals surface area contributed by atoms with E-state index in [4.69, 9.17) is 9.97 Å². The molecule has 2 aliphatic rings. The van der Waals surface area contributed by atoms with Gasteiger partial charge in [0.2, 0.25) is 5.91 Å². The van der Waals surface area contributed by atoms with Gasteiger partial charge in [-0.05, 0) is 53.1 Å². The number of hydrogen-bond acceptors (Lipinski definition) is 6. The van der Waals surface area contributed by atoms with Crippen LogP contribution in [0.2, 0.25) is 0 Å². The minimum atomic E-state index is 0.116. The maximum absolute atomic E-state index is 13.4. The van der Waals surface area contributed by atoms with E-state index in [1.807, 2.05) is 32.1 Å². The van der Waals surface area contributed by atoms with E-state index >= 15 is 0 Å². The lowest BCUT2D eigenvalue weighted by Gasteiger charge is -2.38. The van der Waals surface area contributed by atoms with E-state index in [0.717, 1.165) is 49.6 Å². The van der Waals surface area contributed by atoms with E-state index in [1.54, 1.807) is 0 Å². The van der Waals surface area contributed by atoms with Gasteiger partial charge in [-0.1, -0.05) is 19.3 Å². The zero-order valence-corrected chi connectivity index (χ0v) is 19.5. The monoisotopic (exact) mass is 416 g/mol. The second-order valence-electron chi connectivity index (χ2n) is 9.32. The van der Waals surface area contributed by atoms with Gasteiger partial charge in [-0.15, -0.1) is 0 Å². The van der Waals surface area contributed by atoms with Crippen LogP contribution < -0.4 is 10.2 Å². The fourth-order valence-electron chi connectivity index (χ4n) is 4.99. The molecule has 30 heavy (non-hydrogen) atoms. The Balaban J connectivity index is 1.77. The summed E-state index contributed by atoms with van der Waals surface area (Å²) in [6.07, 6.45) is 8.18. The Morgan fingerprint density at radius 2 is 1.90 bits per heavy atom. The minimum absolute atomic E-state index is 0.116. The van der Waals surface area contributed by atoms with Crippen molar-refractivity contribution < 1.29 is 4.79 Å². The Morgan fingerprint density at radius 3 is 2.53 bits per heavy atom. The molecule has 1 amide bonds. The Kier molecular flexibility index (Phi) is 8.06. The molecule has 7 heteroatoms. The topological polar surface area (TPSA) is 64.6 Å². The lowest BCUT2D eigenvalue weighted by atomic mass is 9.93. The first-order valence-electron chi connectivity index (χ1n) is 11.7. The summed E-state index contributed by atoms with van der Waals surface area (Å²) in [5.41, 5.74) is 0.996. The number of nitrogens with zero attached hydrogens (tertiary/aromatic N) is 5. The molecule has 2 fully saturated rings. The first-order valence-corrected chi connectivity index (χ1v) is 11.7. The number of rotatable bonds is 8. The average Bonchev–Trinajstić information content (AvgIpc) is 3.16. The summed E-state index contributed by atoms with van der Waals surface area (Å²) in [4.78, 5) is 29.6. The number of carbonyl (C=O) groups is 1. The molecule has 0 aromatic carbocycles. The van der Waals surface area contributed by atoms with Crippen LogP contribution in [0, 0.1) is 0 Å². The van der Waals surface area contributed by atoms with Crippen LogP contribution in [0.25, 0.3) is 0 Å². The molecule has 1 aliphatic carbocycles. The van der Waals surface area contributed by atoms with E-state index < -0.39 is 0 Å². The van der Waals surface area contributed by atoms with Gasteiger partial charge in [-0.2, -0.15) is 0 Å². The van der Waals surface area contributed by atoms with Gasteiger partial charge in [0.25, 0.3) is 0 Å². The Bertz CT molecular complexity index is 701. The van der Waals surface area contributed by atoms with Crippen LogP contribution in [-0.4, -0.2) is 72.0 Å². The molecule has 1 atom stereocenters. The summed E-state index contributed by atoms with van der Waals surface area (Å²) in [6, 6.07) is 2.80. The molecular formula is C23H40N6O. The molecule has 1 N–H and O–H groups in total. The van der Waals surface area contributed by atoms with Crippen molar-refractivity contribution in [1.29, 1.82) is 0 Å². The highest BCUT2D eigenvalue weighted by Gasteiger charge is 2.34. The smallest absolute Gasteiger partial charge is 0.237 e. The van der Waals surface area contributed by atoms with Crippen LogP contribution in [0.3, 0.4) is 0 Å². The van der Waals surface area contributed by atoms with Gasteiger partial charge in [0.15, 0.2) is 0 Å². The lowest BCUT2D eigenvalue weighted by Crippen LogP contribution is -2.49. The van der Waals surface area contributed by atoms with Crippen LogP contribution in [0.1, 0.15) is 76.4 Å². The van der Waals surface area contributed by atoms with E-state index in [9.17, 15) is 4.79 Å². The largest absolute Gasteiger partial charge is 0.363 e. The molecule has 0 unspecified atom stereocenters. The van der Waals surface area contributed by atoms with Gasteiger partial charge in [0, 0.05) is 38.8 Å². The molecule has 2 heterocycles. The summed E-state index contributed by atoms with van der Waals surface area (Å²) in [7, 11) is 5.95. The summed E-state index contributed by atoms with van der Waals surface area (Å²) in [5.74, 6) is 2.04. The first kappa shape index (κ1) is 22.9. The van der Waals surface area contributed by atoms with Crippen LogP contribution in [-0.2, 0) is 11.3 Å². The van der Waals surface area contributed by atoms with Crippen molar-refractivity contribution in [2.75, 3.05) is 39.1 Å². The summed E-state index contributed by atoms with van der Waals surface area (Å²) < 4.78 is 0. The zero-order chi connectivity index (χ0) is 21.7. The second kappa shape index (κ2) is 10.5. The number of amides is 1. The van der Waals surface area contributed by atoms with Gasteiger partial charge in [0.1, 0.15) is 11.6 Å². The lowest BCUT2D eigenvalue weighted by molar-refractivity contribution is -0.137. The van der Waals surface area contributed by atoms with Crippen LogP contribution in [0.5, 0.6) is 0 Å². The van der Waals surface area contributed by atoms with E-state index in [1.165, 1.54) is 19.3 Å². The highest BCUT2D eigenvalue weighted by Crippen LogP contribution is 2.32. The van der Waals surface area contributed by atoms with Crippen molar-refractivity contribution in [3.8, 4) is 0 Å². The molecular weight excluding hydrogens is 376 g/mol. The van der Waals surface area contributed by atoms with Crippen LogP contribution in [0.4, 0.5) is 5.82 Å². The molecule has 1 aromatic rings. The molecule has 168 valence electrons. The molecule has 1 saturated heterocycles. The Hall–Kier alpha value is -1.73. The normalized spacial score (nSPS) is 20.7. The van der Waals surface area contributed by atoms with Crippen molar-refractivity contribution in [2.24, 2.45) is 0 Å². The van der Waals surface area contributed by atoms with Crippen molar-refractivity contribution in [3.05, 3.63) is 17.6 Å². The van der Waals surface area contributed by atoms with Gasteiger partial charge in [-0.25, -0.2) is 9.97 Å². The van der Waals surface area contributed by atoms with E-state index in [0.29, 0.717) is 19.1 Å². The summed E-state index contributed by atoms with van der Waals surface area (Å²) >= 11 is 0.